The van der Waals surface area contributed by atoms with E-state index >= 15 is 0 Å². The lowest BCUT2D eigenvalue weighted by atomic mass is 10.0. The van der Waals surface area contributed by atoms with Gasteiger partial charge in [0.05, 0.1) is 24.3 Å². The second-order valence-corrected chi connectivity index (χ2v) is 8.63. The SMILES string of the molecule is CCOc1ccc2ccccc2c1/C=N\NC(=O)C[C@H]1CCS(=O)(=O)C1. The molecule has 26 heavy (non-hydrogen) atoms. The van der Waals surface area contributed by atoms with Gasteiger partial charge in [-0.2, -0.15) is 5.10 Å². The number of fused-ring (bicyclic) bond motifs is 1. The van der Waals surface area contributed by atoms with Gasteiger partial charge in [0.25, 0.3) is 0 Å². The Morgan fingerprint density at radius 1 is 1.31 bits per heavy atom. The Hall–Kier alpha value is -2.41. The average molecular weight is 374 g/mol. The number of sulfone groups is 1. The monoisotopic (exact) mass is 374 g/mol. The standard InChI is InChI=1S/C19H22N2O4S/c1-2-25-18-8-7-15-5-3-4-6-16(15)17(18)12-20-21-19(22)11-14-9-10-26(23,24)13-14/h3-8,12,14H,2,9-11,13H2,1H3,(H,21,22)/b20-12-/t14-/m1/s1. The molecule has 1 amide bonds. The Bertz CT molecular complexity index is 938. The Labute approximate surface area is 153 Å². The molecule has 0 saturated carbocycles. The minimum Gasteiger partial charge on any atom is -0.493 e. The van der Waals surface area contributed by atoms with Gasteiger partial charge in [-0.3, -0.25) is 4.79 Å². The zero-order valence-corrected chi connectivity index (χ0v) is 15.5. The predicted octanol–water partition coefficient (Wildman–Crippen LogP) is 2.51. The first-order chi connectivity index (χ1) is 12.5. The maximum absolute atomic E-state index is 12.0. The molecule has 0 radical (unpaired) electrons. The van der Waals surface area contributed by atoms with E-state index in [9.17, 15) is 13.2 Å². The largest absolute Gasteiger partial charge is 0.493 e. The van der Waals surface area contributed by atoms with E-state index in [0.29, 0.717) is 18.8 Å². The highest BCUT2D eigenvalue weighted by molar-refractivity contribution is 7.91. The van der Waals surface area contributed by atoms with Crippen LogP contribution in [0.2, 0.25) is 0 Å². The van der Waals surface area contributed by atoms with Crippen molar-refractivity contribution in [2.45, 2.75) is 19.8 Å². The first-order valence-electron chi connectivity index (χ1n) is 8.65. The number of carbonyl (C=O) groups excluding carboxylic acids is 1. The Morgan fingerprint density at radius 3 is 2.85 bits per heavy atom. The first kappa shape index (κ1) is 18.4. The third-order valence-electron chi connectivity index (χ3n) is 4.41. The van der Waals surface area contributed by atoms with Crippen molar-refractivity contribution >= 4 is 32.7 Å². The number of hydrogen-bond donors (Lipinski definition) is 1. The van der Waals surface area contributed by atoms with Crippen molar-refractivity contribution in [1.29, 1.82) is 0 Å². The molecule has 1 aliphatic heterocycles. The van der Waals surface area contributed by atoms with E-state index in [1.165, 1.54) is 0 Å². The van der Waals surface area contributed by atoms with E-state index in [4.69, 9.17) is 4.74 Å². The Balaban J connectivity index is 1.71. The lowest BCUT2D eigenvalue weighted by molar-refractivity contribution is -0.121. The number of amides is 1. The molecule has 1 saturated heterocycles. The highest BCUT2D eigenvalue weighted by Crippen LogP contribution is 2.26. The number of benzene rings is 2. The van der Waals surface area contributed by atoms with E-state index in [-0.39, 0.29) is 29.8 Å². The predicted molar refractivity (Wildman–Crippen MR) is 102 cm³/mol. The minimum atomic E-state index is -2.98. The molecule has 0 aromatic heterocycles. The van der Waals surface area contributed by atoms with Gasteiger partial charge in [0, 0.05) is 12.0 Å². The van der Waals surface area contributed by atoms with Crippen molar-refractivity contribution in [3.63, 3.8) is 0 Å². The molecule has 0 bridgehead atoms. The summed E-state index contributed by atoms with van der Waals surface area (Å²) in [4.78, 5) is 12.0. The number of nitrogens with zero attached hydrogens (tertiary/aromatic N) is 1. The number of nitrogens with one attached hydrogen (secondary N) is 1. The fourth-order valence-corrected chi connectivity index (χ4v) is 5.06. The molecule has 138 valence electrons. The lowest BCUT2D eigenvalue weighted by Crippen LogP contribution is -2.21. The van der Waals surface area contributed by atoms with Crippen molar-refractivity contribution in [1.82, 2.24) is 5.43 Å². The van der Waals surface area contributed by atoms with Gasteiger partial charge in [0.1, 0.15) is 5.75 Å². The van der Waals surface area contributed by atoms with Crippen molar-refractivity contribution in [3.8, 4) is 5.75 Å². The molecule has 2 aromatic carbocycles. The first-order valence-corrected chi connectivity index (χ1v) is 10.5. The van der Waals surface area contributed by atoms with Crippen LogP contribution in [0.1, 0.15) is 25.3 Å². The summed E-state index contributed by atoms with van der Waals surface area (Å²) in [5.74, 6) is 0.559. The van der Waals surface area contributed by atoms with Crippen molar-refractivity contribution in [3.05, 3.63) is 42.0 Å². The van der Waals surface area contributed by atoms with E-state index in [1.807, 2.05) is 43.3 Å². The quantitative estimate of drug-likeness (QED) is 0.622. The van der Waals surface area contributed by atoms with Gasteiger partial charge in [0.15, 0.2) is 9.84 Å². The van der Waals surface area contributed by atoms with Gasteiger partial charge >= 0.3 is 0 Å². The maximum Gasteiger partial charge on any atom is 0.240 e. The molecule has 1 heterocycles. The highest BCUT2D eigenvalue weighted by atomic mass is 32.2. The molecule has 1 N–H and O–H groups in total. The number of hydrazone groups is 1. The van der Waals surface area contributed by atoms with Crippen LogP contribution >= 0.6 is 0 Å². The summed E-state index contributed by atoms with van der Waals surface area (Å²) in [6, 6.07) is 11.7. The molecule has 1 atom stereocenters. The normalized spacial score (nSPS) is 19.0. The van der Waals surface area contributed by atoms with Gasteiger partial charge in [0.2, 0.25) is 5.91 Å². The van der Waals surface area contributed by atoms with Crippen molar-refractivity contribution in [2.75, 3.05) is 18.1 Å². The number of rotatable bonds is 6. The van der Waals surface area contributed by atoms with Crippen LogP contribution in [0, 0.1) is 5.92 Å². The fraction of sp³-hybridized carbons (Fsp3) is 0.368. The van der Waals surface area contributed by atoms with Gasteiger partial charge in [-0.15, -0.1) is 0 Å². The van der Waals surface area contributed by atoms with E-state index in [1.54, 1.807) is 6.21 Å². The smallest absolute Gasteiger partial charge is 0.240 e. The maximum atomic E-state index is 12.0. The van der Waals surface area contributed by atoms with Crippen LogP contribution in [0.3, 0.4) is 0 Å². The molecule has 0 unspecified atom stereocenters. The Kier molecular flexibility index (Phi) is 5.56. The van der Waals surface area contributed by atoms with Gasteiger partial charge < -0.3 is 4.74 Å². The molecule has 6 nitrogen and oxygen atoms in total. The summed E-state index contributed by atoms with van der Waals surface area (Å²) in [6.45, 7) is 2.44. The van der Waals surface area contributed by atoms with E-state index in [2.05, 4.69) is 10.5 Å². The summed E-state index contributed by atoms with van der Waals surface area (Å²) in [5, 5.41) is 6.10. The molecule has 7 heteroatoms. The fourth-order valence-electron chi connectivity index (χ4n) is 3.20. The van der Waals surface area contributed by atoms with Gasteiger partial charge in [-0.1, -0.05) is 30.3 Å². The second-order valence-electron chi connectivity index (χ2n) is 6.40. The van der Waals surface area contributed by atoms with Gasteiger partial charge in [-0.25, -0.2) is 13.8 Å². The third kappa shape index (κ3) is 4.40. The summed E-state index contributed by atoms with van der Waals surface area (Å²) in [6.07, 6.45) is 2.29. The highest BCUT2D eigenvalue weighted by Gasteiger charge is 2.29. The van der Waals surface area contributed by atoms with Crippen LogP contribution in [0.15, 0.2) is 41.5 Å². The van der Waals surface area contributed by atoms with E-state index in [0.717, 1.165) is 16.3 Å². The zero-order chi connectivity index (χ0) is 18.6. The molecule has 3 rings (SSSR count). The van der Waals surface area contributed by atoms with Crippen LogP contribution in [-0.2, 0) is 14.6 Å². The molecule has 0 aliphatic carbocycles. The molecule has 2 aromatic rings. The van der Waals surface area contributed by atoms with Crippen LogP contribution < -0.4 is 10.2 Å². The molecular formula is C19H22N2O4S. The van der Waals surface area contributed by atoms with Crippen LogP contribution in [0.5, 0.6) is 5.75 Å². The second kappa shape index (κ2) is 7.86. The topological polar surface area (TPSA) is 84.8 Å². The average Bonchev–Trinajstić information content (AvgIpc) is 2.95. The minimum absolute atomic E-state index is 0.0853. The van der Waals surface area contributed by atoms with Crippen LogP contribution in [0.25, 0.3) is 10.8 Å². The van der Waals surface area contributed by atoms with Crippen molar-refractivity contribution in [2.24, 2.45) is 11.0 Å². The summed E-state index contributed by atoms with van der Waals surface area (Å²) in [5.41, 5.74) is 3.30. The summed E-state index contributed by atoms with van der Waals surface area (Å²) >= 11 is 0. The number of carbonyl (C=O) groups is 1. The van der Waals surface area contributed by atoms with Crippen molar-refractivity contribution < 1.29 is 17.9 Å². The molecule has 1 aliphatic rings. The zero-order valence-electron chi connectivity index (χ0n) is 14.6. The van der Waals surface area contributed by atoms with E-state index < -0.39 is 9.84 Å². The summed E-state index contributed by atoms with van der Waals surface area (Å²) in [7, 11) is -2.98. The van der Waals surface area contributed by atoms with Crippen LogP contribution in [0.4, 0.5) is 0 Å². The molecular weight excluding hydrogens is 352 g/mol. The Morgan fingerprint density at radius 2 is 2.12 bits per heavy atom. The van der Waals surface area contributed by atoms with Crippen LogP contribution in [-0.4, -0.2) is 38.7 Å². The summed E-state index contributed by atoms with van der Waals surface area (Å²) < 4.78 is 28.6. The molecule has 1 fully saturated rings. The van der Waals surface area contributed by atoms with Gasteiger partial charge in [-0.05, 0) is 36.1 Å². The molecule has 0 spiro atoms. The number of hydrogen-bond acceptors (Lipinski definition) is 5. The number of ether oxygens (including phenoxy) is 1. The third-order valence-corrected chi connectivity index (χ3v) is 6.25. The lowest BCUT2D eigenvalue weighted by Gasteiger charge is -2.10.